The highest BCUT2D eigenvalue weighted by molar-refractivity contribution is 5.90. The predicted octanol–water partition coefficient (Wildman–Crippen LogP) is 3.62. The molecule has 0 saturated carbocycles. The maximum absolute atomic E-state index is 12.4. The monoisotopic (exact) mass is 437 g/mol. The summed E-state index contributed by atoms with van der Waals surface area (Å²) in [6, 6.07) is 24.7. The number of aromatic amines is 1. The van der Waals surface area contributed by atoms with Gasteiger partial charge in [-0.15, -0.1) is 0 Å². The number of nitrogens with one attached hydrogen (secondary N) is 3. The first-order valence-corrected chi connectivity index (χ1v) is 10.7. The van der Waals surface area contributed by atoms with Gasteiger partial charge in [-0.25, -0.2) is 5.10 Å². The molecule has 0 atom stereocenters. The van der Waals surface area contributed by atoms with Crippen LogP contribution < -0.4 is 16.2 Å². The number of amides is 1. The molecule has 0 bridgehead atoms. The number of aromatic nitrogens is 2. The maximum atomic E-state index is 12.4. The third-order valence-electron chi connectivity index (χ3n) is 5.30. The molecule has 0 aliphatic carbocycles. The Morgan fingerprint density at radius 2 is 1.73 bits per heavy atom. The molecular formula is C26H23N5O2. The highest BCUT2D eigenvalue weighted by Crippen LogP contribution is 2.21. The van der Waals surface area contributed by atoms with Crippen molar-refractivity contribution in [2.45, 2.75) is 12.8 Å². The quantitative estimate of drug-likeness (QED) is 0.365. The minimum absolute atomic E-state index is 0.0420. The van der Waals surface area contributed by atoms with Crippen LogP contribution in [0, 0.1) is 11.3 Å². The number of hydrogen-bond donors (Lipinski definition) is 3. The van der Waals surface area contributed by atoms with E-state index in [2.05, 4.69) is 26.9 Å². The van der Waals surface area contributed by atoms with E-state index in [1.807, 2.05) is 54.6 Å². The molecule has 1 aromatic heterocycles. The van der Waals surface area contributed by atoms with Gasteiger partial charge in [0, 0.05) is 18.5 Å². The van der Waals surface area contributed by atoms with Gasteiger partial charge in [0.15, 0.2) is 5.82 Å². The van der Waals surface area contributed by atoms with Crippen LogP contribution in [0.5, 0.6) is 0 Å². The fourth-order valence-corrected chi connectivity index (χ4v) is 3.62. The minimum Gasteiger partial charge on any atom is -0.368 e. The molecule has 3 N–H and O–H groups in total. The molecule has 0 radical (unpaired) electrons. The molecular weight excluding hydrogens is 414 g/mol. The number of benzene rings is 3. The van der Waals surface area contributed by atoms with Crippen molar-refractivity contribution in [3.63, 3.8) is 0 Å². The Labute approximate surface area is 191 Å². The maximum Gasteiger partial charge on any atom is 0.272 e. The Kier molecular flexibility index (Phi) is 6.76. The molecule has 0 aliphatic heterocycles. The third-order valence-corrected chi connectivity index (χ3v) is 5.30. The zero-order valence-electron chi connectivity index (χ0n) is 18.0. The van der Waals surface area contributed by atoms with Crippen molar-refractivity contribution >= 4 is 22.5 Å². The van der Waals surface area contributed by atoms with Crippen LogP contribution in [0.1, 0.15) is 17.5 Å². The smallest absolute Gasteiger partial charge is 0.272 e. The van der Waals surface area contributed by atoms with Crippen molar-refractivity contribution in [2.24, 2.45) is 0 Å². The van der Waals surface area contributed by atoms with Crippen molar-refractivity contribution in [1.82, 2.24) is 15.5 Å². The van der Waals surface area contributed by atoms with Crippen molar-refractivity contribution in [3.8, 4) is 17.2 Å². The molecule has 7 heteroatoms. The summed E-state index contributed by atoms with van der Waals surface area (Å²) in [6.45, 7) is 1.14. The summed E-state index contributed by atoms with van der Waals surface area (Å²) >= 11 is 0. The average molecular weight is 438 g/mol. The molecule has 0 spiro atoms. The second-order valence-electron chi connectivity index (χ2n) is 7.64. The van der Waals surface area contributed by atoms with Gasteiger partial charge < -0.3 is 10.6 Å². The van der Waals surface area contributed by atoms with Gasteiger partial charge in [0.2, 0.25) is 5.91 Å². The van der Waals surface area contributed by atoms with Crippen LogP contribution in [-0.2, 0) is 11.2 Å². The number of carbonyl (C=O) groups excluding carboxylic acids is 1. The molecule has 0 fully saturated rings. The average Bonchev–Trinajstić information content (AvgIpc) is 2.85. The molecule has 0 saturated heterocycles. The van der Waals surface area contributed by atoms with E-state index >= 15 is 0 Å². The molecule has 4 aromatic rings. The lowest BCUT2D eigenvalue weighted by molar-refractivity contribution is -0.120. The summed E-state index contributed by atoms with van der Waals surface area (Å²) in [5.41, 5.74) is 3.34. The Hall–Kier alpha value is -4.44. The topological polar surface area (TPSA) is 111 Å². The minimum atomic E-state index is -0.216. The lowest BCUT2D eigenvalue weighted by Crippen LogP contribution is -2.27. The molecule has 33 heavy (non-hydrogen) atoms. The van der Waals surface area contributed by atoms with Gasteiger partial charge in [-0.1, -0.05) is 54.6 Å². The highest BCUT2D eigenvalue weighted by Gasteiger charge is 2.07. The Morgan fingerprint density at radius 1 is 0.939 bits per heavy atom. The van der Waals surface area contributed by atoms with E-state index in [0.717, 1.165) is 22.1 Å². The second-order valence-corrected chi connectivity index (χ2v) is 7.64. The van der Waals surface area contributed by atoms with E-state index in [9.17, 15) is 9.59 Å². The lowest BCUT2D eigenvalue weighted by atomic mass is 10.0. The lowest BCUT2D eigenvalue weighted by Gasteiger charge is -2.09. The Morgan fingerprint density at radius 3 is 2.52 bits per heavy atom. The molecule has 4 rings (SSSR count). The third kappa shape index (κ3) is 5.43. The number of H-pyrrole nitrogens is 1. The fraction of sp³-hybridized carbons (Fsp3) is 0.154. The molecule has 0 unspecified atom stereocenters. The summed E-state index contributed by atoms with van der Waals surface area (Å²) in [7, 11) is 0. The molecule has 1 amide bonds. The summed E-state index contributed by atoms with van der Waals surface area (Å²) in [6.07, 6.45) is 1.01. The summed E-state index contributed by atoms with van der Waals surface area (Å²) in [5, 5.41) is 23.1. The van der Waals surface area contributed by atoms with Crippen molar-refractivity contribution < 1.29 is 4.79 Å². The first kappa shape index (κ1) is 21.8. The van der Waals surface area contributed by atoms with Crippen LogP contribution >= 0.6 is 0 Å². The van der Waals surface area contributed by atoms with E-state index in [4.69, 9.17) is 5.26 Å². The van der Waals surface area contributed by atoms with E-state index in [-0.39, 0.29) is 11.5 Å². The van der Waals surface area contributed by atoms with Crippen molar-refractivity contribution in [2.75, 3.05) is 18.4 Å². The van der Waals surface area contributed by atoms with Gasteiger partial charge in [0.05, 0.1) is 23.4 Å². The largest absolute Gasteiger partial charge is 0.368 e. The fourth-order valence-electron chi connectivity index (χ4n) is 3.62. The van der Waals surface area contributed by atoms with Crippen LogP contribution in [0.3, 0.4) is 0 Å². The number of anilines is 1. The van der Waals surface area contributed by atoms with Crippen LogP contribution in [0.25, 0.3) is 21.9 Å². The number of nitrogens with zero attached hydrogens (tertiary/aromatic N) is 2. The van der Waals surface area contributed by atoms with Crippen molar-refractivity contribution in [1.29, 1.82) is 5.26 Å². The van der Waals surface area contributed by atoms with Gasteiger partial charge in [-0.2, -0.15) is 10.4 Å². The van der Waals surface area contributed by atoms with E-state index in [1.54, 1.807) is 18.2 Å². The zero-order chi connectivity index (χ0) is 23.0. The van der Waals surface area contributed by atoms with Gasteiger partial charge in [-0.05, 0) is 41.3 Å². The molecule has 164 valence electrons. The highest BCUT2D eigenvalue weighted by atomic mass is 16.1. The number of rotatable bonds is 8. The molecule has 7 nitrogen and oxygen atoms in total. The number of nitriles is 1. The number of fused-ring (bicyclic) bond motifs is 1. The predicted molar refractivity (Wildman–Crippen MR) is 129 cm³/mol. The standard InChI is InChI=1S/C26H23N5O2/c27-17-18-9-11-20(12-10-18)21-6-3-5-19(15-21)16-24(32)28-13-4-14-29-25-22-7-1-2-8-23(22)26(33)31-30-25/h1-3,5-12,15H,4,13-14,16H2,(H,28,32)(H,29,30)(H,31,33). The number of hydrogen-bond acceptors (Lipinski definition) is 5. The molecule has 0 aliphatic rings. The van der Waals surface area contributed by atoms with Gasteiger partial charge in [0.25, 0.3) is 5.56 Å². The van der Waals surface area contributed by atoms with Gasteiger partial charge >= 0.3 is 0 Å². The van der Waals surface area contributed by atoms with Crippen LogP contribution in [0.2, 0.25) is 0 Å². The van der Waals surface area contributed by atoms with Gasteiger partial charge in [0.1, 0.15) is 0 Å². The molecule has 1 heterocycles. The number of carbonyl (C=O) groups is 1. The zero-order valence-corrected chi connectivity index (χ0v) is 18.0. The van der Waals surface area contributed by atoms with Crippen LogP contribution in [0.4, 0.5) is 5.82 Å². The summed E-state index contributed by atoms with van der Waals surface area (Å²) in [4.78, 5) is 24.2. The van der Waals surface area contributed by atoms with E-state index in [1.165, 1.54) is 0 Å². The van der Waals surface area contributed by atoms with Crippen molar-refractivity contribution in [3.05, 3.63) is 94.3 Å². The van der Waals surface area contributed by atoms with Crippen LogP contribution in [-0.4, -0.2) is 29.2 Å². The van der Waals surface area contributed by atoms with E-state index < -0.39 is 0 Å². The normalized spacial score (nSPS) is 10.5. The Bertz CT molecular complexity index is 1370. The summed E-state index contributed by atoms with van der Waals surface area (Å²) in [5.74, 6) is 0.579. The van der Waals surface area contributed by atoms with E-state index in [0.29, 0.717) is 42.7 Å². The Balaban J connectivity index is 1.26. The van der Waals surface area contributed by atoms with Gasteiger partial charge in [-0.3, -0.25) is 9.59 Å². The second kappa shape index (κ2) is 10.2. The SMILES string of the molecule is N#Cc1ccc(-c2cccc(CC(=O)NCCCNc3n[nH]c(=O)c4ccccc34)c2)cc1. The first-order chi connectivity index (χ1) is 16.1. The molecule has 3 aromatic carbocycles. The first-order valence-electron chi connectivity index (χ1n) is 10.7. The van der Waals surface area contributed by atoms with Crippen LogP contribution in [0.15, 0.2) is 77.6 Å². The summed E-state index contributed by atoms with van der Waals surface area (Å²) < 4.78 is 0.